The van der Waals surface area contributed by atoms with Gasteiger partial charge in [-0.3, -0.25) is 14.5 Å². The number of nitrogens with zero attached hydrogens (tertiary/aromatic N) is 3. The van der Waals surface area contributed by atoms with Crippen molar-refractivity contribution in [3.63, 3.8) is 0 Å². The predicted octanol–water partition coefficient (Wildman–Crippen LogP) is 4.70. The van der Waals surface area contributed by atoms with Crippen molar-refractivity contribution in [2.24, 2.45) is 0 Å². The predicted molar refractivity (Wildman–Crippen MR) is 152 cm³/mol. The largest absolute Gasteiger partial charge is 0.497 e. The van der Waals surface area contributed by atoms with E-state index in [0.29, 0.717) is 32.6 Å². The lowest BCUT2D eigenvalue weighted by molar-refractivity contribution is -0.138. The highest BCUT2D eigenvalue weighted by Crippen LogP contribution is 2.40. The van der Waals surface area contributed by atoms with E-state index in [4.69, 9.17) is 4.74 Å². The first-order valence-corrected chi connectivity index (χ1v) is 14.4. The minimum Gasteiger partial charge on any atom is -0.497 e. The van der Waals surface area contributed by atoms with E-state index >= 15 is 0 Å². The first-order valence-electron chi connectivity index (χ1n) is 13.5. The van der Waals surface area contributed by atoms with E-state index in [2.05, 4.69) is 54.5 Å². The van der Waals surface area contributed by atoms with Gasteiger partial charge in [0.05, 0.1) is 25.6 Å². The molecule has 2 aliphatic heterocycles. The van der Waals surface area contributed by atoms with Gasteiger partial charge in [0, 0.05) is 37.6 Å². The molecule has 2 aromatic carbocycles. The molecule has 2 atom stereocenters. The molecule has 6 nitrogen and oxygen atoms in total. The number of benzene rings is 2. The monoisotopic (exact) mass is 531 g/mol. The smallest absolute Gasteiger partial charge is 0.239 e. The van der Waals surface area contributed by atoms with Gasteiger partial charge in [-0.1, -0.05) is 36.4 Å². The molecule has 3 aromatic rings. The van der Waals surface area contributed by atoms with Crippen LogP contribution in [0, 0.1) is 6.92 Å². The second-order valence-electron chi connectivity index (χ2n) is 10.3. The minimum atomic E-state index is -0.241. The first-order chi connectivity index (χ1) is 18.5. The van der Waals surface area contributed by atoms with Crippen molar-refractivity contribution < 1.29 is 14.3 Å². The van der Waals surface area contributed by atoms with Crippen LogP contribution in [0.2, 0.25) is 0 Å². The quantitative estimate of drug-likeness (QED) is 0.463. The van der Waals surface area contributed by atoms with Crippen molar-refractivity contribution in [3.05, 3.63) is 87.1 Å². The zero-order valence-electron chi connectivity index (χ0n) is 22.6. The van der Waals surface area contributed by atoms with Gasteiger partial charge in [-0.15, -0.1) is 11.3 Å². The highest BCUT2D eigenvalue weighted by atomic mass is 32.1. The summed E-state index contributed by atoms with van der Waals surface area (Å²) in [4.78, 5) is 34.6. The molecular formula is C31H37N3O3S. The standard InChI is InChI=1S/C31H37N3O3S/c1-22-7-4-5-8-26(22)30-27-14-20-38-28(27)13-17-34(30)23(2)31(36)33-16-6-15-32(18-19-33)29(35)21-24-9-11-25(37-3)12-10-24/h4-5,7-12,14,20,23,30H,6,13,15-19,21H2,1-3H3/t23-,30+/m1/s1. The van der Waals surface area contributed by atoms with Gasteiger partial charge in [-0.25, -0.2) is 0 Å². The van der Waals surface area contributed by atoms with E-state index < -0.39 is 0 Å². The molecule has 0 bridgehead atoms. The topological polar surface area (TPSA) is 53.1 Å². The van der Waals surface area contributed by atoms with Crippen molar-refractivity contribution in [1.82, 2.24) is 14.7 Å². The van der Waals surface area contributed by atoms with Crippen LogP contribution in [0.25, 0.3) is 0 Å². The summed E-state index contributed by atoms with van der Waals surface area (Å²) in [6.45, 7) is 7.59. The molecule has 2 aliphatic rings. The molecule has 0 radical (unpaired) electrons. The number of amides is 2. The Hall–Kier alpha value is -3.16. The Balaban J connectivity index is 1.26. The average molecular weight is 532 g/mol. The van der Waals surface area contributed by atoms with Gasteiger partial charge < -0.3 is 14.5 Å². The Morgan fingerprint density at radius 3 is 2.45 bits per heavy atom. The number of fused-ring (bicyclic) bond motifs is 1. The number of carbonyl (C=O) groups excluding carboxylic acids is 2. The molecule has 1 saturated heterocycles. The fraction of sp³-hybridized carbons (Fsp3) is 0.419. The number of methoxy groups -OCH3 is 1. The molecule has 0 saturated carbocycles. The molecule has 1 aromatic heterocycles. The van der Waals surface area contributed by atoms with Crippen LogP contribution < -0.4 is 4.74 Å². The lowest BCUT2D eigenvalue weighted by Crippen LogP contribution is -2.51. The maximum absolute atomic E-state index is 13.9. The Kier molecular flexibility index (Phi) is 8.15. The number of ether oxygens (including phenoxy) is 1. The molecule has 38 heavy (non-hydrogen) atoms. The molecule has 2 amide bonds. The zero-order chi connectivity index (χ0) is 26.6. The highest BCUT2D eigenvalue weighted by Gasteiger charge is 2.37. The van der Waals surface area contributed by atoms with Crippen LogP contribution in [-0.4, -0.2) is 72.4 Å². The Morgan fingerprint density at radius 1 is 0.947 bits per heavy atom. The van der Waals surface area contributed by atoms with Crippen molar-refractivity contribution in [3.8, 4) is 5.75 Å². The molecule has 0 N–H and O–H groups in total. The normalized spacial score (nSPS) is 19.0. The SMILES string of the molecule is COc1ccc(CC(=O)N2CCCN(C(=O)[C@@H](C)N3CCc4sccc4[C@@H]3c3ccccc3C)CC2)cc1. The van der Waals surface area contributed by atoms with Gasteiger partial charge >= 0.3 is 0 Å². The number of thiophene rings is 1. The maximum Gasteiger partial charge on any atom is 0.239 e. The second-order valence-corrected chi connectivity index (χ2v) is 11.3. The third-order valence-corrected chi connectivity index (χ3v) is 9.01. The number of aryl methyl sites for hydroxylation is 1. The van der Waals surface area contributed by atoms with Crippen molar-refractivity contribution in [1.29, 1.82) is 0 Å². The summed E-state index contributed by atoms with van der Waals surface area (Å²) < 4.78 is 5.22. The van der Waals surface area contributed by atoms with Crippen LogP contribution in [0.5, 0.6) is 5.75 Å². The van der Waals surface area contributed by atoms with Gasteiger partial charge in [-0.05, 0) is 72.5 Å². The summed E-state index contributed by atoms with van der Waals surface area (Å²) in [7, 11) is 1.64. The molecule has 0 aliphatic carbocycles. The van der Waals surface area contributed by atoms with Crippen LogP contribution in [0.4, 0.5) is 0 Å². The van der Waals surface area contributed by atoms with Gasteiger partial charge in [0.25, 0.3) is 0 Å². The summed E-state index contributed by atoms with van der Waals surface area (Å²) in [5.41, 5.74) is 4.84. The summed E-state index contributed by atoms with van der Waals surface area (Å²) >= 11 is 1.82. The Bertz CT molecular complexity index is 1270. The third kappa shape index (κ3) is 5.49. The molecule has 200 valence electrons. The molecule has 0 unspecified atom stereocenters. The Morgan fingerprint density at radius 2 is 1.68 bits per heavy atom. The van der Waals surface area contributed by atoms with Crippen molar-refractivity contribution in [2.75, 3.05) is 39.8 Å². The van der Waals surface area contributed by atoms with E-state index in [0.717, 1.165) is 30.7 Å². The number of rotatable bonds is 6. The van der Waals surface area contributed by atoms with Crippen molar-refractivity contribution >= 4 is 23.2 Å². The minimum absolute atomic E-state index is 0.0831. The zero-order valence-corrected chi connectivity index (χ0v) is 23.4. The number of carbonyl (C=O) groups is 2. The van der Waals surface area contributed by atoms with E-state index in [1.165, 1.54) is 21.6 Å². The number of hydrogen-bond acceptors (Lipinski definition) is 5. The number of hydrogen-bond donors (Lipinski definition) is 0. The fourth-order valence-electron chi connectivity index (χ4n) is 5.82. The molecule has 0 spiro atoms. The summed E-state index contributed by atoms with van der Waals surface area (Å²) in [6, 6.07) is 18.3. The average Bonchev–Trinajstić information content (AvgIpc) is 3.28. The highest BCUT2D eigenvalue weighted by molar-refractivity contribution is 7.10. The second kappa shape index (κ2) is 11.7. The summed E-state index contributed by atoms with van der Waals surface area (Å²) in [6.07, 6.45) is 2.13. The molecule has 1 fully saturated rings. The maximum atomic E-state index is 13.9. The van der Waals surface area contributed by atoms with Gasteiger partial charge in [-0.2, -0.15) is 0 Å². The van der Waals surface area contributed by atoms with Crippen molar-refractivity contribution in [2.45, 2.75) is 45.2 Å². The van der Waals surface area contributed by atoms with Crippen LogP contribution >= 0.6 is 11.3 Å². The fourth-order valence-corrected chi connectivity index (χ4v) is 6.72. The summed E-state index contributed by atoms with van der Waals surface area (Å²) in [5, 5.41) is 2.18. The third-order valence-electron chi connectivity index (χ3n) is 8.02. The first kappa shape index (κ1) is 26.4. The van der Waals surface area contributed by atoms with E-state index in [9.17, 15) is 9.59 Å². The Labute approximate surface area is 229 Å². The van der Waals surface area contributed by atoms with E-state index in [-0.39, 0.29) is 23.9 Å². The van der Waals surface area contributed by atoms with Gasteiger partial charge in [0.15, 0.2) is 0 Å². The molecule has 3 heterocycles. The lowest BCUT2D eigenvalue weighted by atomic mass is 9.89. The van der Waals surface area contributed by atoms with Gasteiger partial charge in [0.1, 0.15) is 5.75 Å². The van der Waals surface area contributed by atoms with Crippen LogP contribution in [0.1, 0.15) is 46.5 Å². The summed E-state index contributed by atoms with van der Waals surface area (Å²) in [5.74, 6) is 1.05. The lowest BCUT2D eigenvalue weighted by Gasteiger charge is -2.41. The molecular weight excluding hydrogens is 494 g/mol. The van der Waals surface area contributed by atoms with Crippen LogP contribution in [0.3, 0.4) is 0 Å². The van der Waals surface area contributed by atoms with Gasteiger partial charge in [0.2, 0.25) is 11.8 Å². The van der Waals surface area contributed by atoms with Crippen LogP contribution in [-0.2, 0) is 22.4 Å². The van der Waals surface area contributed by atoms with E-state index in [1.807, 2.05) is 45.4 Å². The molecule has 5 rings (SSSR count). The van der Waals surface area contributed by atoms with Crippen LogP contribution in [0.15, 0.2) is 60.0 Å². The molecule has 7 heteroatoms. The van der Waals surface area contributed by atoms with E-state index in [1.54, 1.807) is 7.11 Å².